The molecule has 0 nitrogen and oxygen atoms in total. The van der Waals surface area contributed by atoms with Gasteiger partial charge in [-0.15, -0.1) is 0 Å². The lowest BCUT2D eigenvalue weighted by Crippen LogP contribution is -2.13. The Morgan fingerprint density at radius 2 is 1.00 bits per heavy atom. The summed E-state index contributed by atoms with van der Waals surface area (Å²) >= 11 is 0. The molecule has 0 spiro atoms. The average molecular weight is 343 g/mol. The van der Waals surface area contributed by atoms with Crippen LogP contribution in [0.3, 0.4) is 0 Å². The van der Waals surface area contributed by atoms with E-state index in [4.69, 9.17) is 0 Å². The first kappa shape index (κ1) is 18.5. The Kier molecular flexibility index (Phi) is 7.07. The number of unbranched alkanes of at least 4 members (excludes halogenated alkanes) is 3. The molecule has 1 unspecified atom stereocenters. The Balaban J connectivity index is 1.98. The maximum absolute atomic E-state index is 2.31. The molecule has 1 atom stereocenters. The predicted molar refractivity (Wildman–Crippen MR) is 113 cm³/mol. The normalized spacial score (nSPS) is 12.2. The van der Waals surface area contributed by atoms with Gasteiger partial charge in [0.15, 0.2) is 0 Å². The molecule has 0 aliphatic carbocycles. The molecule has 26 heavy (non-hydrogen) atoms. The fourth-order valence-electron chi connectivity index (χ4n) is 3.99. The van der Waals surface area contributed by atoms with Crippen molar-refractivity contribution in [2.24, 2.45) is 0 Å². The SMILES string of the molecule is CCCCCCC(c1ccccc1)C(c1ccccc1)c1ccccc1. The van der Waals surface area contributed by atoms with Crippen molar-refractivity contribution >= 4 is 0 Å². The zero-order valence-corrected chi connectivity index (χ0v) is 15.9. The lowest BCUT2D eigenvalue weighted by atomic mass is 9.75. The molecule has 3 aromatic rings. The van der Waals surface area contributed by atoms with E-state index in [1.807, 2.05) is 0 Å². The molecule has 0 bridgehead atoms. The molecule has 0 aliphatic heterocycles. The maximum Gasteiger partial charge on any atom is 0.0158 e. The van der Waals surface area contributed by atoms with Gasteiger partial charge in [0.2, 0.25) is 0 Å². The van der Waals surface area contributed by atoms with Crippen LogP contribution in [0.5, 0.6) is 0 Å². The number of hydrogen-bond acceptors (Lipinski definition) is 0. The molecule has 0 saturated heterocycles. The molecule has 0 heteroatoms. The van der Waals surface area contributed by atoms with Crippen LogP contribution in [0.1, 0.15) is 67.6 Å². The van der Waals surface area contributed by atoms with Gasteiger partial charge in [0, 0.05) is 5.92 Å². The zero-order valence-electron chi connectivity index (χ0n) is 15.9. The summed E-state index contributed by atoms with van der Waals surface area (Å²) in [5.41, 5.74) is 4.30. The van der Waals surface area contributed by atoms with Crippen LogP contribution >= 0.6 is 0 Å². The topological polar surface area (TPSA) is 0 Å². The van der Waals surface area contributed by atoms with Crippen LogP contribution in [0.2, 0.25) is 0 Å². The van der Waals surface area contributed by atoms with Crippen LogP contribution in [-0.2, 0) is 0 Å². The average Bonchev–Trinajstić information content (AvgIpc) is 2.72. The molecule has 0 radical (unpaired) electrons. The van der Waals surface area contributed by atoms with Crippen LogP contribution in [-0.4, -0.2) is 0 Å². The highest BCUT2D eigenvalue weighted by atomic mass is 14.3. The minimum atomic E-state index is 0.404. The van der Waals surface area contributed by atoms with E-state index >= 15 is 0 Å². The Morgan fingerprint density at radius 3 is 1.46 bits per heavy atom. The number of hydrogen-bond donors (Lipinski definition) is 0. The van der Waals surface area contributed by atoms with Gasteiger partial charge >= 0.3 is 0 Å². The Bertz CT molecular complexity index is 691. The minimum absolute atomic E-state index is 0.404. The molecule has 3 rings (SSSR count). The standard InChI is InChI=1S/C26H30/c1-2-3-4-14-21-25(22-15-8-5-9-16-22)26(23-17-10-6-11-18-23)24-19-12-7-13-20-24/h5-13,15-20,25-26H,2-4,14,21H2,1H3. The van der Waals surface area contributed by atoms with Gasteiger partial charge < -0.3 is 0 Å². The molecule has 0 amide bonds. The van der Waals surface area contributed by atoms with Gasteiger partial charge in [-0.3, -0.25) is 0 Å². The molecular weight excluding hydrogens is 312 g/mol. The summed E-state index contributed by atoms with van der Waals surface area (Å²) in [6.07, 6.45) is 6.48. The van der Waals surface area contributed by atoms with Crippen LogP contribution in [0.4, 0.5) is 0 Å². The van der Waals surface area contributed by atoms with Crippen molar-refractivity contribution in [1.29, 1.82) is 0 Å². The summed E-state index contributed by atoms with van der Waals surface area (Å²) < 4.78 is 0. The van der Waals surface area contributed by atoms with E-state index in [9.17, 15) is 0 Å². The molecule has 0 saturated carbocycles. The van der Waals surface area contributed by atoms with E-state index in [1.54, 1.807) is 0 Å². The predicted octanol–water partition coefficient (Wildman–Crippen LogP) is 7.57. The molecule has 0 aliphatic rings. The van der Waals surface area contributed by atoms with Crippen LogP contribution in [0.25, 0.3) is 0 Å². The highest BCUT2D eigenvalue weighted by Crippen LogP contribution is 2.41. The third-order valence-electron chi connectivity index (χ3n) is 5.32. The van der Waals surface area contributed by atoms with E-state index in [0.717, 1.165) is 0 Å². The van der Waals surface area contributed by atoms with Crippen molar-refractivity contribution < 1.29 is 0 Å². The van der Waals surface area contributed by atoms with Crippen molar-refractivity contribution in [1.82, 2.24) is 0 Å². The van der Waals surface area contributed by atoms with Gasteiger partial charge in [0.1, 0.15) is 0 Å². The van der Waals surface area contributed by atoms with Gasteiger partial charge in [0.05, 0.1) is 0 Å². The minimum Gasteiger partial charge on any atom is -0.0654 e. The second kappa shape index (κ2) is 9.97. The van der Waals surface area contributed by atoms with E-state index in [1.165, 1.54) is 48.8 Å². The van der Waals surface area contributed by atoms with Crippen LogP contribution in [0, 0.1) is 0 Å². The molecular formula is C26H30. The highest BCUT2D eigenvalue weighted by molar-refractivity contribution is 5.38. The monoisotopic (exact) mass is 342 g/mol. The molecule has 3 aromatic carbocycles. The van der Waals surface area contributed by atoms with Crippen LogP contribution < -0.4 is 0 Å². The van der Waals surface area contributed by atoms with Gasteiger partial charge in [-0.1, -0.05) is 124 Å². The Morgan fingerprint density at radius 1 is 0.538 bits per heavy atom. The summed E-state index contributed by atoms with van der Waals surface area (Å²) in [6.45, 7) is 2.28. The quantitative estimate of drug-likeness (QED) is 0.352. The van der Waals surface area contributed by atoms with E-state index in [2.05, 4.69) is 97.9 Å². The number of benzene rings is 3. The van der Waals surface area contributed by atoms with Crippen molar-refractivity contribution in [3.8, 4) is 0 Å². The lowest BCUT2D eigenvalue weighted by Gasteiger charge is -2.29. The van der Waals surface area contributed by atoms with Gasteiger partial charge in [-0.2, -0.15) is 0 Å². The fourth-order valence-corrected chi connectivity index (χ4v) is 3.99. The molecule has 0 aromatic heterocycles. The Labute approximate surface area is 158 Å². The summed E-state index contributed by atoms with van der Waals surface area (Å²) in [6, 6.07) is 33.2. The highest BCUT2D eigenvalue weighted by Gasteiger charge is 2.25. The van der Waals surface area contributed by atoms with Gasteiger partial charge in [-0.05, 0) is 29.0 Å². The van der Waals surface area contributed by atoms with Gasteiger partial charge in [-0.25, -0.2) is 0 Å². The summed E-state index contributed by atoms with van der Waals surface area (Å²) in [7, 11) is 0. The molecule has 134 valence electrons. The Hall–Kier alpha value is -2.34. The summed E-state index contributed by atoms with van der Waals surface area (Å²) in [5, 5.41) is 0. The third kappa shape index (κ3) is 4.85. The third-order valence-corrected chi connectivity index (χ3v) is 5.32. The van der Waals surface area contributed by atoms with E-state index < -0.39 is 0 Å². The first-order valence-electron chi connectivity index (χ1n) is 10.0. The summed E-state index contributed by atoms with van der Waals surface area (Å²) in [4.78, 5) is 0. The van der Waals surface area contributed by atoms with Crippen molar-refractivity contribution in [2.75, 3.05) is 0 Å². The van der Waals surface area contributed by atoms with E-state index in [-0.39, 0.29) is 0 Å². The fraction of sp³-hybridized carbons (Fsp3) is 0.308. The second-order valence-electron chi connectivity index (χ2n) is 7.17. The van der Waals surface area contributed by atoms with E-state index in [0.29, 0.717) is 11.8 Å². The molecule has 0 heterocycles. The summed E-state index contributed by atoms with van der Waals surface area (Å²) in [5.74, 6) is 0.916. The van der Waals surface area contributed by atoms with Gasteiger partial charge in [0.25, 0.3) is 0 Å². The molecule has 0 N–H and O–H groups in total. The first-order valence-corrected chi connectivity index (χ1v) is 10.0. The van der Waals surface area contributed by atoms with Crippen molar-refractivity contribution in [3.05, 3.63) is 108 Å². The van der Waals surface area contributed by atoms with Crippen molar-refractivity contribution in [2.45, 2.75) is 50.9 Å². The lowest BCUT2D eigenvalue weighted by molar-refractivity contribution is 0.513. The smallest absolute Gasteiger partial charge is 0.0158 e. The maximum atomic E-state index is 2.31. The van der Waals surface area contributed by atoms with Crippen LogP contribution in [0.15, 0.2) is 91.0 Å². The second-order valence-corrected chi connectivity index (χ2v) is 7.17. The largest absolute Gasteiger partial charge is 0.0654 e. The first-order chi connectivity index (χ1) is 12.9. The number of rotatable bonds is 9. The molecule has 0 fully saturated rings. The van der Waals surface area contributed by atoms with Crippen molar-refractivity contribution in [3.63, 3.8) is 0 Å². The zero-order chi connectivity index (χ0) is 18.0.